The van der Waals surface area contributed by atoms with Crippen molar-refractivity contribution in [3.8, 4) is 11.1 Å². The molecular weight excluding hydrogens is 517 g/mol. The van der Waals surface area contributed by atoms with E-state index in [4.69, 9.17) is 5.73 Å². The van der Waals surface area contributed by atoms with Crippen LogP contribution in [0.3, 0.4) is 0 Å². The number of aliphatic imine (C=N–C) groups is 1. The highest BCUT2D eigenvalue weighted by Crippen LogP contribution is 2.35. The van der Waals surface area contributed by atoms with Crippen LogP contribution in [0.5, 0.6) is 0 Å². The van der Waals surface area contributed by atoms with Gasteiger partial charge in [-0.1, -0.05) is 24.3 Å². The maximum Gasteiger partial charge on any atom is 0.261 e. The van der Waals surface area contributed by atoms with E-state index in [1.807, 2.05) is 36.4 Å². The molecule has 1 aliphatic heterocycles. The molecule has 2 heterocycles. The lowest BCUT2D eigenvalue weighted by Gasteiger charge is -2.21. The van der Waals surface area contributed by atoms with Gasteiger partial charge in [-0.2, -0.15) is 0 Å². The molecule has 2 aromatic carbocycles. The summed E-state index contributed by atoms with van der Waals surface area (Å²) in [5.41, 5.74) is 8.98. The zero-order valence-corrected chi connectivity index (χ0v) is 19.8. The number of nitrogens with two attached hydrogens (primary N) is 1. The number of pyridine rings is 1. The zero-order valence-electron chi connectivity index (χ0n) is 17.7. The second kappa shape index (κ2) is 8.70. The van der Waals surface area contributed by atoms with Crippen molar-refractivity contribution in [2.24, 2.45) is 10.7 Å². The number of carbonyl (C=O) groups is 2. The molecular formula is C24H22IN5O2. The van der Waals surface area contributed by atoms with Crippen molar-refractivity contribution < 1.29 is 9.59 Å². The highest BCUT2D eigenvalue weighted by atomic mass is 127. The Morgan fingerprint density at radius 3 is 2.69 bits per heavy atom. The topological polar surface area (TPSA) is 101 Å². The van der Waals surface area contributed by atoms with Gasteiger partial charge in [-0.05, 0) is 82.1 Å². The van der Waals surface area contributed by atoms with Gasteiger partial charge in [0, 0.05) is 29.6 Å². The summed E-state index contributed by atoms with van der Waals surface area (Å²) in [5, 5.41) is 2.96. The highest BCUT2D eigenvalue weighted by Gasteiger charge is 2.43. The van der Waals surface area contributed by atoms with Gasteiger partial charge in [-0.25, -0.2) is 4.99 Å². The lowest BCUT2D eigenvalue weighted by molar-refractivity contribution is -0.130. The Kier molecular flexibility index (Phi) is 5.96. The Hall–Kier alpha value is -3.27. The fourth-order valence-corrected chi connectivity index (χ4v) is 4.20. The van der Waals surface area contributed by atoms with Crippen molar-refractivity contribution in [1.82, 2.24) is 15.2 Å². The largest absolute Gasteiger partial charge is 0.369 e. The van der Waals surface area contributed by atoms with Gasteiger partial charge < -0.3 is 11.1 Å². The van der Waals surface area contributed by atoms with Gasteiger partial charge >= 0.3 is 0 Å². The average molecular weight is 539 g/mol. The summed E-state index contributed by atoms with van der Waals surface area (Å²) in [5.74, 6) is -0.150. The molecule has 32 heavy (non-hydrogen) atoms. The van der Waals surface area contributed by atoms with Gasteiger partial charge in [0.15, 0.2) is 11.5 Å². The molecule has 1 atom stereocenters. The number of rotatable bonds is 5. The van der Waals surface area contributed by atoms with Gasteiger partial charge in [-0.3, -0.25) is 19.5 Å². The van der Waals surface area contributed by atoms with Crippen LogP contribution in [0.15, 0.2) is 72.0 Å². The van der Waals surface area contributed by atoms with E-state index in [0.29, 0.717) is 12.1 Å². The van der Waals surface area contributed by atoms with Crippen molar-refractivity contribution in [3.63, 3.8) is 0 Å². The quantitative estimate of drug-likeness (QED) is 0.486. The van der Waals surface area contributed by atoms with Crippen LogP contribution < -0.4 is 11.1 Å². The fraction of sp³-hybridized carbons (Fsp3) is 0.167. The molecule has 7 nitrogen and oxygen atoms in total. The third kappa shape index (κ3) is 4.10. The number of carbonyl (C=O) groups excluding carboxylic acids is 2. The van der Waals surface area contributed by atoms with Gasteiger partial charge in [0.2, 0.25) is 0 Å². The van der Waals surface area contributed by atoms with E-state index in [0.717, 1.165) is 25.8 Å². The van der Waals surface area contributed by atoms with Crippen molar-refractivity contribution in [1.29, 1.82) is 0 Å². The third-order valence-electron chi connectivity index (χ3n) is 5.57. The third-order valence-corrected chi connectivity index (χ3v) is 6.24. The number of guanidine groups is 1. The van der Waals surface area contributed by atoms with E-state index >= 15 is 0 Å². The molecule has 0 bridgehead atoms. The van der Waals surface area contributed by atoms with Crippen molar-refractivity contribution in [2.75, 3.05) is 7.05 Å². The van der Waals surface area contributed by atoms with Crippen molar-refractivity contribution >= 4 is 40.4 Å². The first kappa shape index (κ1) is 21.9. The summed E-state index contributed by atoms with van der Waals surface area (Å²) >= 11 is 2.26. The number of halogens is 1. The van der Waals surface area contributed by atoms with Gasteiger partial charge in [0.25, 0.3) is 11.8 Å². The lowest BCUT2D eigenvalue weighted by atomic mass is 9.89. The predicted molar refractivity (Wildman–Crippen MR) is 132 cm³/mol. The molecule has 0 saturated carbocycles. The molecule has 3 N–H and O–H groups in total. The molecule has 3 aromatic rings. The Labute approximate surface area is 199 Å². The molecule has 0 fully saturated rings. The Morgan fingerprint density at radius 1 is 1.19 bits per heavy atom. The molecule has 0 saturated heterocycles. The summed E-state index contributed by atoms with van der Waals surface area (Å²) in [6.45, 7) is 2.13. The Bertz CT molecular complexity index is 1230. The minimum absolute atomic E-state index is 0.168. The second-order valence-electron chi connectivity index (χ2n) is 7.71. The number of hydrogen-bond acceptors (Lipinski definition) is 5. The second-order valence-corrected chi connectivity index (χ2v) is 8.96. The number of benzene rings is 2. The smallest absolute Gasteiger partial charge is 0.261 e. The summed E-state index contributed by atoms with van der Waals surface area (Å²) in [7, 11) is 1.62. The van der Waals surface area contributed by atoms with Crippen LogP contribution in [0.1, 0.15) is 28.4 Å². The highest BCUT2D eigenvalue weighted by molar-refractivity contribution is 14.1. The first-order valence-electron chi connectivity index (χ1n) is 10.0. The lowest BCUT2D eigenvalue weighted by Crippen LogP contribution is -2.38. The van der Waals surface area contributed by atoms with Crippen LogP contribution in [0, 0.1) is 3.57 Å². The summed E-state index contributed by atoms with van der Waals surface area (Å²) in [6, 6.07) is 17.3. The van der Waals surface area contributed by atoms with E-state index in [-0.39, 0.29) is 17.8 Å². The Balaban J connectivity index is 1.66. The van der Waals surface area contributed by atoms with E-state index in [1.54, 1.807) is 32.3 Å². The normalized spacial score (nSPS) is 17.9. The SMILES string of the molecule is CN1C(=O)C(C)(c2cccc(-c3cc(I)ccc3CNC(=O)c3cccnc3)c2)N=C1N. The van der Waals surface area contributed by atoms with E-state index in [1.165, 1.54) is 11.1 Å². The van der Waals surface area contributed by atoms with Crippen LogP contribution in [-0.4, -0.2) is 34.7 Å². The standard InChI is InChI=1S/C24H22IN5O2/c1-24(22(32)30(2)23(26)29-24)18-7-3-5-15(11-18)20-12-19(25)9-8-16(20)14-28-21(31)17-6-4-10-27-13-17/h3-13H,14H2,1-2H3,(H2,26,29)(H,28,31). The summed E-state index contributed by atoms with van der Waals surface area (Å²) in [4.78, 5) is 35.1. The number of hydrogen-bond donors (Lipinski definition) is 2. The maximum absolute atomic E-state index is 12.8. The van der Waals surface area contributed by atoms with Gasteiger partial charge in [0.1, 0.15) is 0 Å². The van der Waals surface area contributed by atoms with Crippen molar-refractivity contribution in [3.05, 3.63) is 87.3 Å². The van der Waals surface area contributed by atoms with E-state index in [2.05, 4.69) is 44.0 Å². The Morgan fingerprint density at radius 2 is 2.00 bits per heavy atom. The molecule has 2 amide bonds. The zero-order chi connectivity index (χ0) is 22.9. The first-order chi connectivity index (χ1) is 15.3. The molecule has 1 aliphatic rings. The number of likely N-dealkylation sites (N-methyl/N-ethyl adjacent to an activating group) is 1. The molecule has 0 aliphatic carbocycles. The number of nitrogens with one attached hydrogen (secondary N) is 1. The average Bonchev–Trinajstić information content (AvgIpc) is 3.02. The number of nitrogens with zero attached hydrogens (tertiary/aromatic N) is 3. The van der Waals surface area contributed by atoms with Crippen LogP contribution in [0.25, 0.3) is 11.1 Å². The molecule has 0 spiro atoms. The first-order valence-corrected chi connectivity index (χ1v) is 11.1. The van der Waals surface area contributed by atoms with Gasteiger partial charge in [0.05, 0.1) is 5.56 Å². The van der Waals surface area contributed by atoms with Crippen LogP contribution in [0.2, 0.25) is 0 Å². The van der Waals surface area contributed by atoms with E-state index < -0.39 is 5.54 Å². The molecule has 1 aromatic heterocycles. The molecule has 162 valence electrons. The van der Waals surface area contributed by atoms with Crippen LogP contribution >= 0.6 is 22.6 Å². The summed E-state index contributed by atoms with van der Waals surface area (Å²) < 4.78 is 1.07. The van der Waals surface area contributed by atoms with Gasteiger partial charge in [-0.15, -0.1) is 0 Å². The minimum Gasteiger partial charge on any atom is -0.369 e. The number of amides is 2. The number of aromatic nitrogens is 1. The summed E-state index contributed by atoms with van der Waals surface area (Å²) in [6.07, 6.45) is 3.17. The molecule has 4 rings (SSSR count). The maximum atomic E-state index is 12.8. The monoisotopic (exact) mass is 539 g/mol. The molecule has 0 radical (unpaired) electrons. The molecule has 8 heteroatoms. The predicted octanol–water partition coefficient (Wildman–Crippen LogP) is 3.29. The molecule has 1 unspecified atom stereocenters. The fourth-order valence-electron chi connectivity index (χ4n) is 3.71. The van der Waals surface area contributed by atoms with Crippen molar-refractivity contribution in [2.45, 2.75) is 19.0 Å². The van der Waals surface area contributed by atoms with Crippen LogP contribution in [-0.2, 0) is 16.9 Å². The minimum atomic E-state index is -1.06. The van der Waals surface area contributed by atoms with E-state index in [9.17, 15) is 9.59 Å². The van der Waals surface area contributed by atoms with Crippen LogP contribution in [0.4, 0.5) is 0 Å².